The van der Waals surface area contributed by atoms with E-state index < -0.39 is 12.1 Å². The Kier molecular flexibility index (Phi) is 5.34. The van der Waals surface area contributed by atoms with E-state index >= 15 is 0 Å². The Morgan fingerprint density at radius 1 is 1.31 bits per heavy atom. The molecule has 0 aliphatic heterocycles. The van der Waals surface area contributed by atoms with Gasteiger partial charge in [-0.25, -0.2) is 9.59 Å². The Morgan fingerprint density at radius 3 is 2.31 bits per heavy atom. The SMILES string of the molecule is C=C(C)C(=O)OCCOC(=O)NC. The highest BCUT2D eigenvalue weighted by molar-refractivity contribution is 5.86. The number of nitrogens with one attached hydrogen (secondary N) is 1. The van der Waals surface area contributed by atoms with Gasteiger partial charge in [0.25, 0.3) is 0 Å². The van der Waals surface area contributed by atoms with Crippen LogP contribution in [0.2, 0.25) is 0 Å². The molecular formula is C8H13NO4. The zero-order valence-electron chi connectivity index (χ0n) is 7.75. The summed E-state index contributed by atoms with van der Waals surface area (Å²) in [6, 6.07) is 0. The van der Waals surface area contributed by atoms with Crippen molar-refractivity contribution in [3.63, 3.8) is 0 Å². The van der Waals surface area contributed by atoms with E-state index in [4.69, 9.17) is 0 Å². The van der Waals surface area contributed by atoms with Crippen molar-refractivity contribution in [1.29, 1.82) is 0 Å². The molecule has 0 fully saturated rings. The monoisotopic (exact) mass is 187 g/mol. The van der Waals surface area contributed by atoms with Gasteiger partial charge in [0.2, 0.25) is 0 Å². The second-order valence-corrected chi connectivity index (χ2v) is 2.30. The summed E-state index contributed by atoms with van der Waals surface area (Å²) in [6.45, 7) is 5.02. The second-order valence-electron chi connectivity index (χ2n) is 2.30. The fourth-order valence-corrected chi connectivity index (χ4v) is 0.464. The molecule has 0 bridgehead atoms. The van der Waals surface area contributed by atoms with Crippen LogP contribution in [-0.2, 0) is 14.3 Å². The van der Waals surface area contributed by atoms with Gasteiger partial charge in [0, 0.05) is 12.6 Å². The molecule has 0 aliphatic rings. The fraction of sp³-hybridized carbons (Fsp3) is 0.500. The topological polar surface area (TPSA) is 64.6 Å². The number of amides is 1. The van der Waals surface area contributed by atoms with Crippen molar-refractivity contribution >= 4 is 12.1 Å². The smallest absolute Gasteiger partial charge is 0.406 e. The lowest BCUT2D eigenvalue weighted by Crippen LogP contribution is -2.22. The summed E-state index contributed by atoms with van der Waals surface area (Å²) in [5, 5.41) is 2.26. The molecule has 5 heteroatoms. The average molecular weight is 187 g/mol. The van der Waals surface area contributed by atoms with E-state index in [2.05, 4.69) is 21.4 Å². The predicted octanol–water partition coefficient (Wildman–Crippen LogP) is 0.462. The van der Waals surface area contributed by atoms with Crippen molar-refractivity contribution < 1.29 is 19.1 Å². The standard InChI is InChI=1S/C8H13NO4/c1-6(2)7(10)12-4-5-13-8(11)9-3/h1,4-5H2,2-3H3,(H,9,11). The number of carbonyl (C=O) groups is 2. The molecule has 0 radical (unpaired) electrons. The van der Waals surface area contributed by atoms with Gasteiger partial charge in [0.15, 0.2) is 0 Å². The van der Waals surface area contributed by atoms with Crippen molar-refractivity contribution in [3.05, 3.63) is 12.2 Å². The second kappa shape index (κ2) is 6.05. The molecule has 1 N–H and O–H groups in total. The van der Waals surface area contributed by atoms with Gasteiger partial charge in [-0.1, -0.05) is 6.58 Å². The van der Waals surface area contributed by atoms with Crippen LogP contribution in [0.25, 0.3) is 0 Å². The van der Waals surface area contributed by atoms with E-state index in [1.807, 2.05) is 0 Å². The molecule has 0 unspecified atom stereocenters. The van der Waals surface area contributed by atoms with Gasteiger partial charge < -0.3 is 14.8 Å². The van der Waals surface area contributed by atoms with Crippen LogP contribution in [0, 0.1) is 0 Å². The molecule has 74 valence electrons. The van der Waals surface area contributed by atoms with Gasteiger partial charge in [-0.05, 0) is 6.92 Å². The highest BCUT2D eigenvalue weighted by atomic mass is 16.6. The summed E-state index contributed by atoms with van der Waals surface area (Å²) >= 11 is 0. The Labute approximate surface area is 76.7 Å². The maximum absolute atomic E-state index is 10.8. The van der Waals surface area contributed by atoms with Crippen molar-refractivity contribution in [3.8, 4) is 0 Å². The molecule has 0 aromatic carbocycles. The Balaban J connectivity index is 3.41. The molecule has 5 nitrogen and oxygen atoms in total. The number of hydrogen-bond donors (Lipinski definition) is 1. The maximum atomic E-state index is 10.8. The number of hydrogen-bond acceptors (Lipinski definition) is 4. The minimum absolute atomic E-state index is 0.0404. The summed E-state index contributed by atoms with van der Waals surface area (Å²) < 4.78 is 9.22. The summed E-state index contributed by atoms with van der Waals surface area (Å²) in [4.78, 5) is 21.3. The Hall–Kier alpha value is -1.52. The normalized spacial score (nSPS) is 8.77. The summed E-state index contributed by atoms with van der Waals surface area (Å²) in [7, 11) is 1.45. The number of alkyl carbamates (subject to hydrolysis) is 1. The van der Waals surface area contributed by atoms with Gasteiger partial charge in [0.05, 0.1) is 0 Å². The third-order valence-corrected chi connectivity index (χ3v) is 1.10. The number of esters is 1. The number of carbonyl (C=O) groups excluding carboxylic acids is 2. The zero-order chi connectivity index (χ0) is 10.3. The van der Waals surface area contributed by atoms with E-state index in [1.165, 1.54) is 7.05 Å². The zero-order valence-corrected chi connectivity index (χ0v) is 7.75. The van der Waals surface area contributed by atoms with E-state index in [-0.39, 0.29) is 13.2 Å². The van der Waals surface area contributed by atoms with Crippen molar-refractivity contribution in [1.82, 2.24) is 5.32 Å². The first-order valence-corrected chi connectivity index (χ1v) is 3.75. The van der Waals surface area contributed by atoms with Crippen molar-refractivity contribution in [2.24, 2.45) is 0 Å². The van der Waals surface area contributed by atoms with E-state index in [1.54, 1.807) is 6.92 Å². The molecule has 1 amide bonds. The van der Waals surface area contributed by atoms with Crippen LogP contribution in [0.15, 0.2) is 12.2 Å². The van der Waals surface area contributed by atoms with Gasteiger partial charge in [-0.3, -0.25) is 0 Å². The van der Waals surface area contributed by atoms with E-state index in [0.29, 0.717) is 5.57 Å². The minimum Gasteiger partial charge on any atom is -0.459 e. The molecule has 13 heavy (non-hydrogen) atoms. The molecule has 0 spiro atoms. The third-order valence-electron chi connectivity index (χ3n) is 1.10. The molecule has 0 aliphatic carbocycles. The molecule has 0 saturated heterocycles. The van der Waals surface area contributed by atoms with Gasteiger partial charge in [-0.15, -0.1) is 0 Å². The van der Waals surface area contributed by atoms with Crippen LogP contribution in [-0.4, -0.2) is 32.3 Å². The van der Waals surface area contributed by atoms with E-state index in [0.717, 1.165) is 0 Å². The molecule has 0 rings (SSSR count). The Morgan fingerprint density at radius 2 is 1.85 bits per heavy atom. The predicted molar refractivity (Wildman–Crippen MR) is 46.2 cm³/mol. The van der Waals surface area contributed by atoms with E-state index in [9.17, 15) is 9.59 Å². The third kappa shape index (κ3) is 5.72. The largest absolute Gasteiger partial charge is 0.459 e. The highest BCUT2D eigenvalue weighted by Gasteiger charge is 2.03. The molecule has 0 aromatic rings. The lowest BCUT2D eigenvalue weighted by atomic mass is 10.4. The first kappa shape index (κ1) is 11.5. The first-order valence-electron chi connectivity index (χ1n) is 3.75. The van der Waals surface area contributed by atoms with Crippen LogP contribution < -0.4 is 5.32 Å². The van der Waals surface area contributed by atoms with Crippen molar-refractivity contribution in [2.75, 3.05) is 20.3 Å². The highest BCUT2D eigenvalue weighted by Crippen LogP contribution is 1.91. The Bertz CT molecular complexity index is 212. The summed E-state index contributed by atoms with van der Waals surface area (Å²) in [5.41, 5.74) is 0.319. The lowest BCUT2D eigenvalue weighted by molar-refractivity contribution is -0.139. The molecule has 0 aromatic heterocycles. The molecule has 0 atom stereocenters. The van der Waals surface area contributed by atoms with Crippen LogP contribution in [0.3, 0.4) is 0 Å². The quantitative estimate of drug-likeness (QED) is 0.394. The van der Waals surface area contributed by atoms with Gasteiger partial charge in [-0.2, -0.15) is 0 Å². The van der Waals surface area contributed by atoms with Crippen LogP contribution >= 0.6 is 0 Å². The number of rotatable bonds is 4. The summed E-state index contributed by atoms with van der Waals surface area (Å²) in [5.74, 6) is -0.486. The van der Waals surface area contributed by atoms with Gasteiger partial charge in [0.1, 0.15) is 13.2 Å². The van der Waals surface area contributed by atoms with Crippen LogP contribution in [0.1, 0.15) is 6.92 Å². The molecule has 0 saturated carbocycles. The fourth-order valence-electron chi connectivity index (χ4n) is 0.464. The summed E-state index contributed by atoms with van der Waals surface area (Å²) in [6.07, 6.45) is -0.550. The maximum Gasteiger partial charge on any atom is 0.406 e. The van der Waals surface area contributed by atoms with Gasteiger partial charge >= 0.3 is 12.1 Å². The van der Waals surface area contributed by atoms with Crippen LogP contribution in [0.4, 0.5) is 4.79 Å². The lowest BCUT2D eigenvalue weighted by Gasteiger charge is -2.04. The van der Waals surface area contributed by atoms with Crippen LogP contribution in [0.5, 0.6) is 0 Å². The molecular weight excluding hydrogens is 174 g/mol. The molecule has 0 heterocycles. The van der Waals surface area contributed by atoms with Crippen molar-refractivity contribution in [2.45, 2.75) is 6.92 Å². The number of ether oxygens (including phenoxy) is 2. The minimum atomic E-state index is -0.550. The average Bonchev–Trinajstić information content (AvgIpc) is 2.11. The first-order chi connectivity index (χ1) is 6.07.